The van der Waals surface area contributed by atoms with E-state index in [0.29, 0.717) is 16.5 Å². The van der Waals surface area contributed by atoms with Crippen molar-refractivity contribution in [2.75, 3.05) is 5.73 Å². The quantitative estimate of drug-likeness (QED) is 0.581. The van der Waals surface area contributed by atoms with Gasteiger partial charge in [-0.1, -0.05) is 11.6 Å². The Bertz CT molecular complexity index is 394. The molecule has 0 aliphatic carbocycles. The van der Waals surface area contributed by atoms with Gasteiger partial charge in [0, 0.05) is 6.07 Å². The first kappa shape index (κ1) is 6.42. The summed E-state index contributed by atoms with van der Waals surface area (Å²) in [5.74, 6) is 0.395. The van der Waals surface area contributed by atoms with Crippen LogP contribution in [0.2, 0.25) is 5.15 Å². The van der Waals surface area contributed by atoms with Gasteiger partial charge in [-0.25, -0.2) is 9.97 Å². The summed E-state index contributed by atoms with van der Waals surface area (Å²) >= 11 is 5.73. The average Bonchev–Trinajstić information content (AvgIpc) is 2.34. The van der Waals surface area contributed by atoms with Crippen LogP contribution >= 0.6 is 11.6 Å². The summed E-state index contributed by atoms with van der Waals surface area (Å²) in [7, 11) is 0. The van der Waals surface area contributed by atoms with Crippen molar-refractivity contribution in [3.05, 3.63) is 17.5 Å². The molecule has 0 atom stereocenters. The highest BCUT2D eigenvalue weighted by molar-refractivity contribution is 6.33. The second kappa shape index (κ2) is 2.10. The molecule has 0 saturated carbocycles. The fourth-order valence-electron chi connectivity index (χ4n) is 0.925. The van der Waals surface area contributed by atoms with Crippen LogP contribution in [0.5, 0.6) is 0 Å². The predicted octanol–water partition coefficient (Wildman–Crippen LogP) is 1.19. The van der Waals surface area contributed by atoms with Crippen LogP contribution in [-0.4, -0.2) is 15.0 Å². The second-order valence-corrected chi connectivity index (χ2v) is 2.49. The molecule has 4 nitrogen and oxygen atoms in total. The van der Waals surface area contributed by atoms with E-state index in [1.54, 1.807) is 12.4 Å². The van der Waals surface area contributed by atoms with Gasteiger partial charge in [-0.15, -0.1) is 0 Å². The normalized spacial score (nSPS) is 10.6. The van der Waals surface area contributed by atoms with Crippen LogP contribution < -0.4 is 5.73 Å². The van der Waals surface area contributed by atoms with Crippen LogP contribution in [0.3, 0.4) is 0 Å². The van der Waals surface area contributed by atoms with Gasteiger partial charge in [0.15, 0.2) is 5.15 Å². The Morgan fingerprint density at radius 2 is 2.36 bits per heavy atom. The van der Waals surface area contributed by atoms with Crippen molar-refractivity contribution in [3.8, 4) is 0 Å². The zero-order chi connectivity index (χ0) is 7.84. The number of hydrogen-bond donors (Lipinski definition) is 2. The summed E-state index contributed by atoms with van der Waals surface area (Å²) in [5, 5.41) is 0.334. The molecule has 0 fully saturated rings. The van der Waals surface area contributed by atoms with Crippen molar-refractivity contribution in [2.24, 2.45) is 0 Å². The van der Waals surface area contributed by atoms with E-state index in [2.05, 4.69) is 15.0 Å². The van der Waals surface area contributed by atoms with Crippen molar-refractivity contribution >= 4 is 28.5 Å². The summed E-state index contributed by atoms with van der Waals surface area (Å²) in [6, 6.07) is 1.69. The molecule has 0 amide bonds. The number of rotatable bonds is 0. The van der Waals surface area contributed by atoms with Crippen LogP contribution in [0.4, 0.5) is 5.82 Å². The van der Waals surface area contributed by atoms with Gasteiger partial charge in [0.25, 0.3) is 0 Å². The lowest BCUT2D eigenvalue weighted by atomic mass is 10.4. The van der Waals surface area contributed by atoms with Crippen molar-refractivity contribution in [2.45, 2.75) is 0 Å². The molecular weight excluding hydrogens is 164 g/mol. The number of anilines is 1. The maximum atomic E-state index is 5.73. The Labute approximate surface area is 67.4 Å². The molecule has 5 heteroatoms. The minimum Gasteiger partial charge on any atom is -0.384 e. The van der Waals surface area contributed by atoms with E-state index in [0.717, 1.165) is 5.52 Å². The van der Waals surface area contributed by atoms with Gasteiger partial charge in [0.1, 0.15) is 11.3 Å². The van der Waals surface area contributed by atoms with Crippen molar-refractivity contribution in [3.63, 3.8) is 0 Å². The highest BCUT2D eigenvalue weighted by atomic mass is 35.5. The van der Waals surface area contributed by atoms with Gasteiger partial charge >= 0.3 is 0 Å². The van der Waals surface area contributed by atoms with Gasteiger partial charge in [-0.05, 0) is 0 Å². The summed E-state index contributed by atoms with van der Waals surface area (Å²) in [6.45, 7) is 0. The molecule has 2 aromatic heterocycles. The number of nitrogens with one attached hydrogen (secondary N) is 1. The molecule has 0 spiro atoms. The maximum Gasteiger partial charge on any atom is 0.159 e. The SMILES string of the molecule is Nc1cc2[nH]cnc2c(Cl)n1. The van der Waals surface area contributed by atoms with E-state index in [-0.39, 0.29) is 0 Å². The first-order chi connectivity index (χ1) is 5.27. The molecular formula is C6H5ClN4. The number of imidazole rings is 1. The summed E-state index contributed by atoms with van der Waals surface area (Å²) in [6.07, 6.45) is 1.55. The number of nitrogen functional groups attached to an aromatic ring is 1. The standard InChI is InChI=1S/C6H5ClN4/c7-6-5-3(9-2-10-5)1-4(8)11-6/h1-2H,(H2,8,11)(H,9,10). The minimum absolute atomic E-state index is 0.334. The first-order valence-electron chi connectivity index (χ1n) is 3.02. The molecule has 2 heterocycles. The van der Waals surface area contributed by atoms with Crippen molar-refractivity contribution < 1.29 is 0 Å². The molecule has 2 rings (SSSR count). The molecule has 0 radical (unpaired) electrons. The molecule has 2 aromatic rings. The molecule has 11 heavy (non-hydrogen) atoms. The highest BCUT2D eigenvalue weighted by Gasteiger charge is 2.02. The van der Waals surface area contributed by atoms with Crippen LogP contribution in [0.25, 0.3) is 11.0 Å². The number of hydrogen-bond acceptors (Lipinski definition) is 3. The number of aromatic nitrogens is 3. The zero-order valence-electron chi connectivity index (χ0n) is 5.50. The van der Waals surface area contributed by atoms with Crippen LogP contribution in [0, 0.1) is 0 Å². The third kappa shape index (κ3) is 0.914. The predicted molar refractivity (Wildman–Crippen MR) is 43.3 cm³/mol. The third-order valence-electron chi connectivity index (χ3n) is 1.38. The van der Waals surface area contributed by atoms with Gasteiger partial charge in [0.2, 0.25) is 0 Å². The Hall–Kier alpha value is -1.29. The number of pyridine rings is 1. The van der Waals surface area contributed by atoms with Crippen molar-refractivity contribution in [1.29, 1.82) is 0 Å². The third-order valence-corrected chi connectivity index (χ3v) is 1.65. The van der Waals surface area contributed by atoms with E-state index >= 15 is 0 Å². The average molecular weight is 169 g/mol. The van der Waals surface area contributed by atoms with E-state index in [1.807, 2.05) is 0 Å². The molecule has 0 saturated heterocycles. The Morgan fingerprint density at radius 3 is 3.18 bits per heavy atom. The smallest absolute Gasteiger partial charge is 0.159 e. The number of halogens is 1. The van der Waals surface area contributed by atoms with Gasteiger partial charge in [0.05, 0.1) is 11.8 Å². The number of H-pyrrole nitrogens is 1. The molecule has 0 aromatic carbocycles. The van der Waals surface area contributed by atoms with Gasteiger partial charge in [-0.2, -0.15) is 0 Å². The van der Waals surface area contributed by atoms with Crippen LogP contribution in [-0.2, 0) is 0 Å². The zero-order valence-corrected chi connectivity index (χ0v) is 6.26. The molecule has 0 unspecified atom stereocenters. The Balaban J connectivity index is 2.91. The first-order valence-corrected chi connectivity index (χ1v) is 3.40. The summed E-state index contributed by atoms with van der Waals surface area (Å²) < 4.78 is 0. The molecule has 0 bridgehead atoms. The monoisotopic (exact) mass is 168 g/mol. The van der Waals surface area contributed by atoms with Crippen molar-refractivity contribution in [1.82, 2.24) is 15.0 Å². The molecule has 3 N–H and O–H groups in total. The van der Waals surface area contributed by atoms with Crippen LogP contribution in [0.15, 0.2) is 12.4 Å². The number of nitrogens with zero attached hydrogens (tertiary/aromatic N) is 2. The van der Waals surface area contributed by atoms with E-state index in [1.165, 1.54) is 0 Å². The Morgan fingerprint density at radius 1 is 1.55 bits per heavy atom. The van der Waals surface area contributed by atoms with Gasteiger partial charge in [-0.3, -0.25) is 0 Å². The topological polar surface area (TPSA) is 67.6 Å². The number of fused-ring (bicyclic) bond motifs is 1. The molecule has 0 aliphatic rings. The lowest BCUT2D eigenvalue weighted by Crippen LogP contribution is -1.89. The minimum atomic E-state index is 0.334. The van der Waals surface area contributed by atoms with Crippen LogP contribution in [0.1, 0.15) is 0 Å². The fraction of sp³-hybridized carbons (Fsp3) is 0. The summed E-state index contributed by atoms with van der Waals surface area (Å²) in [4.78, 5) is 10.7. The number of nitrogens with two attached hydrogens (primary N) is 1. The van der Waals surface area contributed by atoms with E-state index < -0.39 is 0 Å². The molecule has 56 valence electrons. The highest BCUT2D eigenvalue weighted by Crippen LogP contribution is 2.19. The molecule has 0 aliphatic heterocycles. The Kier molecular flexibility index (Phi) is 1.22. The number of aromatic amines is 1. The van der Waals surface area contributed by atoms with E-state index in [9.17, 15) is 0 Å². The van der Waals surface area contributed by atoms with Gasteiger partial charge < -0.3 is 10.7 Å². The lowest BCUT2D eigenvalue weighted by Gasteiger charge is -1.93. The summed E-state index contributed by atoms with van der Waals surface area (Å²) in [5.41, 5.74) is 6.90. The largest absolute Gasteiger partial charge is 0.384 e. The second-order valence-electron chi connectivity index (χ2n) is 2.14. The maximum absolute atomic E-state index is 5.73. The van der Waals surface area contributed by atoms with E-state index in [4.69, 9.17) is 17.3 Å². The lowest BCUT2D eigenvalue weighted by molar-refractivity contribution is 1.33. The fourth-order valence-corrected chi connectivity index (χ4v) is 1.17.